The van der Waals surface area contributed by atoms with Crippen molar-refractivity contribution in [2.75, 3.05) is 16.6 Å². The predicted molar refractivity (Wildman–Crippen MR) is 67.9 cm³/mol. The standard InChI is InChI=1S/C11H15N3O2S/c1-3-14(17(15,16)9(2)8-12)11-6-4-10(13)5-7-11/h4-7,9H,3,13H2,1-2H3. The Hall–Kier alpha value is -1.74. The van der Waals surface area contributed by atoms with E-state index in [1.807, 2.05) is 0 Å². The smallest absolute Gasteiger partial charge is 0.251 e. The number of anilines is 2. The van der Waals surface area contributed by atoms with Crippen LogP contribution < -0.4 is 10.0 Å². The van der Waals surface area contributed by atoms with Gasteiger partial charge in [0.25, 0.3) is 10.0 Å². The number of rotatable bonds is 4. The van der Waals surface area contributed by atoms with Gasteiger partial charge in [-0.15, -0.1) is 0 Å². The van der Waals surface area contributed by atoms with Crippen LogP contribution in [0, 0.1) is 11.3 Å². The van der Waals surface area contributed by atoms with Crippen LogP contribution in [0.3, 0.4) is 0 Å². The zero-order valence-electron chi connectivity index (χ0n) is 9.79. The topological polar surface area (TPSA) is 87.2 Å². The van der Waals surface area contributed by atoms with Crippen molar-refractivity contribution in [3.8, 4) is 6.07 Å². The third kappa shape index (κ3) is 2.68. The minimum absolute atomic E-state index is 0.276. The molecule has 0 spiro atoms. The monoisotopic (exact) mass is 253 g/mol. The van der Waals surface area contributed by atoms with Gasteiger partial charge in [-0.05, 0) is 38.1 Å². The van der Waals surface area contributed by atoms with E-state index in [1.165, 1.54) is 11.2 Å². The second-order valence-corrected chi connectivity index (χ2v) is 5.75. The average molecular weight is 253 g/mol. The highest BCUT2D eigenvalue weighted by Gasteiger charge is 2.27. The predicted octanol–water partition coefficient (Wildman–Crippen LogP) is 1.34. The van der Waals surface area contributed by atoms with Gasteiger partial charge < -0.3 is 5.73 Å². The van der Waals surface area contributed by atoms with E-state index in [0.29, 0.717) is 11.4 Å². The molecule has 17 heavy (non-hydrogen) atoms. The minimum atomic E-state index is -3.64. The summed E-state index contributed by atoms with van der Waals surface area (Å²) in [5, 5.41) is 7.66. The highest BCUT2D eigenvalue weighted by Crippen LogP contribution is 2.21. The van der Waals surface area contributed by atoms with Gasteiger partial charge >= 0.3 is 0 Å². The molecule has 6 heteroatoms. The van der Waals surface area contributed by atoms with Crippen LogP contribution in [0.15, 0.2) is 24.3 Å². The summed E-state index contributed by atoms with van der Waals surface area (Å²) in [6, 6.07) is 8.26. The second kappa shape index (κ2) is 5.06. The van der Waals surface area contributed by atoms with E-state index in [9.17, 15) is 8.42 Å². The molecule has 0 amide bonds. The Morgan fingerprint density at radius 1 is 1.41 bits per heavy atom. The van der Waals surface area contributed by atoms with E-state index < -0.39 is 15.3 Å². The molecule has 2 N–H and O–H groups in total. The maximum atomic E-state index is 12.1. The number of nitrogens with two attached hydrogens (primary N) is 1. The molecule has 0 aliphatic heterocycles. The van der Waals surface area contributed by atoms with Gasteiger partial charge in [0.05, 0.1) is 11.8 Å². The lowest BCUT2D eigenvalue weighted by atomic mass is 10.3. The first-order chi connectivity index (χ1) is 7.93. The number of hydrogen-bond donors (Lipinski definition) is 1. The first kappa shape index (κ1) is 13.3. The zero-order chi connectivity index (χ0) is 13.1. The van der Waals surface area contributed by atoms with E-state index in [2.05, 4.69) is 0 Å². The summed E-state index contributed by atoms with van der Waals surface area (Å²) in [4.78, 5) is 0. The number of benzene rings is 1. The fourth-order valence-electron chi connectivity index (χ4n) is 1.41. The maximum Gasteiger partial charge on any atom is 0.251 e. The molecule has 0 bridgehead atoms. The number of hydrogen-bond acceptors (Lipinski definition) is 4. The Balaban J connectivity index is 3.17. The van der Waals surface area contributed by atoms with Crippen LogP contribution in [0.1, 0.15) is 13.8 Å². The maximum absolute atomic E-state index is 12.1. The third-order valence-electron chi connectivity index (χ3n) is 2.40. The van der Waals surface area contributed by atoms with Crippen molar-refractivity contribution < 1.29 is 8.42 Å². The van der Waals surface area contributed by atoms with Gasteiger partial charge in [0, 0.05) is 12.2 Å². The lowest BCUT2D eigenvalue weighted by molar-refractivity contribution is 0.587. The van der Waals surface area contributed by atoms with Crippen molar-refractivity contribution >= 4 is 21.4 Å². The van der Waals surface area contributed by atoms with E-state index in [0.717, 1.165) is 0 Å². The van der Waals surface area contributed by atoms with E-state index in [4.69, 9.17) is 11.0 Å². The van der Waals surface area contributed by atoms with Crippen molar-refractivity contribution in [3.63, 3.8) is 0 Å². The largest absolute Gasteiger partial charge is 0.399 e. The molecule has 5 nitrogen and oxygen atoms in total. The summed E-state index contributed by atoms with van der Waals surface area (Å²) in [6.45, 7) is 3.37. The van der Waals surface area contributed by atoms with Crippen LogP contribution in [0.4, 0.5) is 11.4 Å². The molecule has 0 fully saturated rings. The van der Waals surface area contributed by atoms with Gasteiger partial charge in [0.15, 0.2) is 5.25 Å². The van der Waals surface area contributed by atoms with Crippen LogP contribution in [-0.2, 0) is 10.0 Å². The van der Waals surface area contributed by atoms with Gasteiger partial charge in [0.2, 0.25) is 0 Å². The molecule has 0 heterocycles. The molecule has 1 aromatic rings. The normalized spacial score (nSPS) is 12.8. The van der Waals surface area contributed by atoms with Crippen LogP contribution in [-0.4, -0.2) is 20.2 Å². The molecule has 0 radical (unpaired) electrons. The van der Waals surface area contributed by atoms with Gasteiger partial charge in [-0.3, -0.25) is 4.31 Å². The lowest BCUT2D eigenvalue weighted by Crippen LogP contribution is -2.36. The number of nitriles is 1. The van der Waals surface area contributed by atoms with Gasteiger partial charge in [-0.1, -0.05) is 0 Å². The van der Waals surface area contributed by atoms with E-state index >= 15 is 0 Å². The first-order valence-electron chi connectivity index (χ1n) is 5.20. The molecule has 0 aliphatic carbocycles. The van der Waals surface area contributed by atoms with E-state index in [-0.39, 0.29) is 6.54 Å². The number of sulfonamides is 1. The molecular formula is C11H15N3O2S. The summed E-state index contributed by atoms with van der Waals surface area (Å²) >= 11 is 0. The highest BCUT2D eigenvalue weighted by atomic mass is 32.2. The van der Waals surface area contributed by atoms with Crippen molar-refractivity contribution in [2.24, 2.45) is 0 Å². The summed E-state index contributed by atoms with van der Waals surface area (Å²) in [6.07, 6.45) is 0. The summed E-state index contributed by atoms with van der Waals surface area (Å²) in [5.74, 6) is 0. The Morgan fingerprint density at radius 2 is 1.94 bits per heavy atom. The van der Waals surface area contributed by atoms with Crippen molar-refractivity contribution in [1.29, 1.82) is 5.26 Å². The molecule has 1 rings (SSSR count). The quantitative estimate of drug-likeness (QED) is 0.820. The highest BCUT2D eigenvalue weighted by molar-refractivity contribution is 7.93. The number of nitrogens with zero attached hydrogens (tertiary/aromatic N) is 2. The van der Waals surface area contributed by atoms with Crippen molar-refractivity contribution in [1.82, 2.24) is 0 Å². The van der Waals surface area contributed by atoms with Crippen LogP contribution >= 0.6 is 0 Å². The zero-order valence-corrected chi connectivity index (χ0v) is 10.6. The molecule has 92 valence electrons. The minimum Gasteiger partial charge on any atom is -0.399 e. The molecule has 1 aromatic carbocycles. The second-order valence-electron chi connectivity index (χ2n) is 3.57. The first-order valence-corrected chi connectivity index (χ1v) is 6.70. The molecule has 1 atom stereocenters. The fourth-order valence-corrected chi connectivity index (χ4v) is 2.70. The van der Waals surface area contributed by atoms with Crippen LogP contribution in [0.25, 0.3) is 0 Å². The Morgan fingerprint density at radius 3 is 2.35 bits per heavy atom. The summed E-state index contributed by atoms with van der Waals surface area (Å²) in [7, 11) is -3.64. The molecule has 0 aliphatic rings. The molecule has 1 unspecified atom stereocenters. The van der Waals surface area contributed by atoms with Gasteiger partial charge in [-0.25, -0.2) is 8.42 Å². The number of nitrogen functional groups attached to an aromatic ring is 1. The molecule has 0 saturated heterocycles. The third-order valence-corrected chi connectivity index (χ3v) is 4.49. The summed E-state index contributed by atoms with van der Waals surface area (Å²) < 4.78 is 25.3. The average Bonchev–Trinajstić information content (AvgIpc) is 2.31. The van der Waals surface area contributed by atoms with Crippen molar-refractivity contribution in [3.05, 3.63) is 24.3 Å². The molecular weight excluding hydrogens is 238 g/mol. The summed E-state index contributed by atoms with van der Waals surface area (Å²) in [5.41, 5.74) is 6.63. The Labute approximate surface area is 102 Å². The Bertz CT molecular complexity index is 517. The van der Waals surface area contributed by atoms with E-state index in [1.54, 1.807) is 37.3 Å². The van der Waals surface area contributed by atoms with Gasteiger partial charge in [0.1, 0.15) is 0 Å². The molecule has 0 aromatic heterocycles. The Kier molecular flexibility index (Phi) is 3.97. The van der Waals surface area contributed by atoms with Crippen LogP contribution in [0.2, 0.25) is 0 Å². The van der Waals surface area contributed by atoms with Gasteiger partial charge in [-0.2, -0.15) is 5.26 Å². The fraction of sp³-hybridized carbons (Fsp3) is 0.364. The molecule has 0 saturated carbocycles. The SMILES string of the molecule is CCN(c1ccc(N)cc1)S(=O)(=O)C(C)C#N. The van der Waals surface area contributed by atoms with Crippen LogP contribution in [0.5, 0.6) is 0 Å². The lowest BCUT2D eigenvalue weighted by Gasteiger charge is -2.24. The van der Waals surface area contributed by atoms with Crippen molar-refractivity contribution in [2.45, 2.75) is 19.1 Å².